The van der Waals surface area contributed by atoms with Gasteiger partial charge >= 0.3 is 5.97 Å². The van der Waals surface area contributed by atoms with Gasteiger partial charge in [0.25, 0.3) is 11.5 Å². The minimum atomic E-state index is -1.99. The third kappa shape index (κ3) is 4.35. The van der Waals surface area contributed by atoms with Crippen molar-refractivity contribution in [3.8, 4) is 17.3 Å². The molecule has 0 unspecified atom stereocenters. The van der Waals surface area contributed by atoms with Crippen molar-refractivity contribution in [1.29, 1.82) is 0 Å². The fraction of sp³-hybridized carbons (Fsp3) is 0.222. The summed E-state index contributed by atoms with van der Waals surface area (Å²) in [5.41, 5.74) is -0.102. The van der Waals surface area contributed by atoms with Gasteiger partial charge in [-0.3, -0.25) is 14.5 Å². The monoisotopic (exact) mass is 568 g/mol. The van der Waals surface area contributed by atoms with Crippen molar-refractivity contribution in [2.24, 2.45) is 7.05 Å². The van der Waals surface area contributed by atoms with Crippen molar-refractivity contribution >= 4 is 40.8 Å². The van der Waals surface area contributed by atoms with Gasteiger partial charge in [-0.15, -0.1) is 0 Å². The van der Waals surface area contributed by atoms with Gasteiger partial charge in [-0.25, -0.2) is 14.8 Å². The average molecular weight is 569 g/mol. The topological polar surface area (TPSA) is 120 Å². The van der Waals surface area contributed by atoms with E-state index >= 15 is 0 Å². The Morgan fingerprint density at radius 2 is 1.85 bits per heavy atom. The lowest BCUT2D eigenvalue weighted by atomic mass is 10.0. The molecule has 3 aromatic heterocycles. The number of anilines is 1. The summed E-state index contributed by atoms with van der Waals surface area (Å²) in [6, 6.07) is 6.71. The number of rotatable bonds is 6. The van der Waals surface area contributed by atoms with Crippen LogP contribution < -0.4 is 15.2 Å². The Kier molecular flexibility index (Phi) is 6.36. The largest absolute Gasteiger partial charge is 0.480 e. The van der Waals surface area contributed by atoms with Crippen LogP contribution in [0.5, 0.6) is 5.88 Å². The summed E-state index contributed by atoms with van der Waals surface area (Å²) >= 11 is 12.4. The van der Waals surface area contributed by atoms with Crippen LogP contribution in [0.25, 0.3) is 11.4 Å². The molecular weight excluding hydrogens is 545 g/mol. The van der Waals surface area contributed by atoms with Gasteiger partial charge in [-0.1, -0.05) is 35.3 Å². The number of pyridine rings is 2. The molecule has 0 saturated heterocycles. The van der Waals surface area contributed by atoms with Gasteiger partial charge in [0.05, 0.1) is 30.3 Å². The Hall–Kier alpha value is -4.15. The van der Waals surface area contributed by atoms with Gasteiger partial charge in [0.2, 0.25) is 5.88 Å². The maximum absolute atomic E-state index is 14.1. The van der Waals surface area contributed by atoms with Crippen molar-refractivity contribution in [3.63, 3.8) is 0 Å². The van der Waals surface area contributed by atoms with E-state index in [1.54, 1.807) is 28.8 Å². The molecule has 0 radical (unpaired) electrons. The average Bonchev–Trinajstić information content (AvgIpc) is 3.41. The molecule has 1 N–H and O–H groups in total. The van der Waals surface area contributed by atoms with E-state index in [1.807, 2.05) is 13.8 Å². The van der Waals surface area contributed by atoms with E-state index < -0.39 is 23.5 Å². The number of carbonyl (C=O) groups is 2. The quantitative estimate of drug-likeness (QED) is 0.348. The number of imidazole rings is 1. The number of aromatic nitrogens is 4. The maximum atomic E-state index is 14.1. The van der Waals surface area contributed by atoms with Gasteiger partial charge < -0.3 is 19.0 Å². The van der Waals surface area contributed by atoms with Crippen molar-refractivity contribution in [2.45, 2.75) is 25.9 Å². The number of carboxylic acids is 1. The first kappa shape index (κ1) is 25.1. The van der Waals surface area contributed by atoms with Crippen molar-refractivity contribution in [1.82, 2.24) is 19.1 Å². The number of nitrogens with zero attached hydrogens (tertiary/aromatic N) is 5. The molecule has 0 bridgehead atoms. The van der Waals surface area contributed by atoms with Crippen molar-refractivity contribution < 1.29 is 20.8 Å². The number of halogens is 2. The van der Waals surface area contributed by atoms with Crippen LogP contribution >= 0.6 is 23.2 Å². The molecule has 5 rings (SSSR count). The molecule has 1 aliphatic rings. The van der Waals surface area contributed by atoms with Crippen LogP contribution in [0.3, 0.4) is 0 Å². The second kappa shape index (κ2) is 9.87. The summed E-state index contributed by atoms with van der Waals surface area (Å²) in [7, 11) is 2.88. The first-order chi connectivity index (χ1) is 18.9. The van der Waals surface area contributed by atoms with Crippen LogP contribution in [0.2, 0.25) is 10.0 Å². The Morgan fingerprint density at radius 1 is 1.15 bits per heavy atom. The van der Waals surface area contributed by atoms with Crippen LogP contribution in [0, 0.1) is 0 Å². The first-order valence-corrected chi connectivity index (χ1v) is 12.5. The third-order valence-electron chi connectivity index (χ3n) is 6.30. The fourth-order valence-electron chi connectivity index (χ4n) is 4.62. The van der Waals surface area contributed by atoms with E-state index in [2.05, 4.69) is 9.97 Å². The molecule has 200 valence electrons. The number of aromatic carboxylic acids is 1. The zero-order chi connectivity index (χ0) is 29.1. The van der Waals surface area contributed by atoms with Crippen LogP contribution in [0.15, 0.2) is 53.6 Å². The summed E-state index contributed by atoms with van der Waals surface area (Å²) < 4.78 is 18.2. The fourth-order valence-corrected chi connectivity index (χ4v) is 5.00. The lowest BCUT2D eigenvalue weighted by molar-refractivity contribution is 0.0696. The minimum Gasteiger partial charge on any atom is -0.480 e. The lowest BCUT2D eigenvalue weighted by Gasteiger charge is -2.28. The SMILES string of the molecule is [2H][C@]1(c2ccc(Cl)cc2)c2c(nc(-c3cc(C(=O)O)cnc3OC)n2C(C)C)C(=O)N1c1cc(Cl)cn(C)c1=O. The number of carboxylic acid groups (broad SMARTS) is 1. The number of hydrogen-bond donors (Lipinski definition) is 1. The standard InChI is InChI=1S/C27H23Cl2N5O5/c1-13(2)33-22-20(31-23(33)18-9-15(27(37)38)11-30-24(18)39-4)26(36)34(19-10-17(29)12-32(3)25(19)35)21(22)14-5-7-16(28)8-6-14/h5-13,21H,1-4H3,(H,37,38)/t21-/m0/s1/i21D. The predicted molar refractivity (Wildman–Crippen MR) is 146 cm³/mol. The summed E-state index contributed by atoms with van der Waals surface area (Å²) in [5, 5.41) is 10.2. The molecule has 0 spiro atoms. The molecular formula is C27H23Cl2N5O5. The molecule has 1 aromatic carbocycles. The second-order valence-electron chi connectivity index (χ2n) is 9.14. The second-order valence-corrected chi connectivity index (χ2v) is 10.0. The van der Waals surface area contributed by atoms with E-state index in [1.165, 1.54) is 37.1 Å². The molecule has 4 heterocycles. The zero-order valence-corrected chi connectivity index (χ0v) is 22.8. The highest BCUT2D eigenvalue weighted by Crippen LogP contribution is 2.45. The zero-order valence-electron chi connectivity index (χ0n) is 22.3. The van der Waals surface area contributed by atoms with Gasteiger partial charge in [0.15, 0.2) is 5.69 Å². The third-order valence-corrected chi connectivity index (χ3v) is 6.76. The molecule has 0 fully saturated rings. The predicted octanol–water partition coefficient (Wildman–Crippen LogP) is 4.99. The number of aryl methyl sites for hydroxylation is 1. The molecule has 4 aromatic rings. The number of carbonyl (C=O) groups excluding carboxylic acids is 1. The van der Waals surface area contributed by atoms with Crippen LogP contribution in [-0.2, 0) is 7.05 Å². The van der Waals surface area contributed by atoms with E-state index in [9.17, 15) is 20.9 Å². The van der Waals surface area contributed by atoms with Gasteiger partial charge in [0.1, 0.15) is 17.5 Å². The minimum absolute atomic E-state index is 0.0848. The number of benzene rings is 1. The maximum Gasteiger partial charge on any atom is 0.337 e. The highest BCUT2D eigenvalue weighted by molar-refractivity contribution is 6.31. The lowest BCUT2D eigenvalue weighted by Crippen LogP contribution is -2.36. The molecule has 1 atom stereocenters. The highest BCUT2D eigenvalue weighted by Gasteiger charge is 2.46. The van der Waals surface area contributed by atoms with Gasteiger partial charge in [0, 0.05) is 30.5 Å². The summed E-state index contributed by atoms with van der Waals surface area (Å²) in [4.78, 5) is 49.0. The van der Waals surface area contributed by atoms with E-state index in [0.717, 1.165) is 11.1 Å². The molecule has 1 aliphatic heterocycles. The molecule has 39 heavy (non-hydrogen) atoms. The number of amides is 1. The van der Waals surface area contributed by atoms with Crippen LogP contribution in [0.1, 0.15) is 59.4 Å². The highest BCUT2D eigenvalue weighted by atomic mass is 35.5. The molecule has 1 amide bonds. The Balaban J connectivity index is 1.88. The van der Waals surface area contributed by atoms with Crippen molar-refractivity contribution in [2.75, 3.05) is 12.0 Å². The van der Waals surface area contributed by atoms with Gasteiger partial charge in [-0.2, -0.15) is 0 Å². The van der Waals surface area contributed by atoms with E-state index in [4.69, 9.17) is 27.9 Å². The Labute approximate surface area is 234 Å². The van der Waals surface area contributed by atoms with E-state index in [-0.39, 0.29) is 51.0 Å². The summed E-state index contributed by atoms with van der Waals surface area (Å²) in [6.45, 7) is 3.67. The van der Waals surface area contributed by atoms with Crippen LogP contribution in [0.4, 0.5) is 5.69 Å². The number of hydrogen-bond acceptors (Lipinski definition) is 6. The number of methoxy groups -OCH3 is 1. The number of ether oxygens (including phenoxy) is 1. The first-order valence-electron chi connectivity index (χ1n) is 12.3. The Morgan fingerprint density at radius 3 is 2.46 bits per heavy atom. The Bertz CT molecular complexity index is 1750. The smallest absolute Gasteiger partial charge is 0.337 e. The van der Waals surface area contributed by atoms with Crippen molar-refractivity contribution in [3.05, 3.63) is 91.7 Å². The molecule has 10 nitrogen and oxygen atoms in total. The summed E-state index contributed by atoms with van der Waals surface area (Å²) in [6.07, 6.45) is 2.57. The normalized spacial score (nSPS) is 16.9. The molecule has 0 aliphatic carbocycles. The van der Waals surface area contributed by atoms with Crippen LogP contribution in [-0.4, -0.2) is 43.2 Å². The molecule has 0 saturated carbocycles. The van der Waals surface area contributed by atoms with Gasteiger partial charge in [-0.05, 0) is 43.7 Å². The summed E-state index contributed by atoms with van der Waals surface area (Å²) in [5.74, 6) is -1.64. The van der Waals surface area contributed by atoms with E-state index in [0.29, 0.717) is 10.6 Å². The molecule has 12 heteroatoms. The number of fused-ring (bicyclic) bond motifs is 1.